The number of nitrogens with one attached hydrogen (secondary N) is 1. The molecular weight excluding hydrogens is 274 g/mol. The van der Waals surface area contributed by atoms with Crippen molar-refractivity contribution in [3.8, 4) is 0 Å². The van der Waals surface area contributed by atoms with Gasteiger partial charge in [-0.1, -0.05) is 0 Å². The van der Waals surface area contributed by atoms with Crippen molar-refractivity contribution in [2.75, 3.05) is 11.6 Å². The topological polar surface area (TPSA) is 64.0 Å². The standard InChI is InChI=1S/C14H17N3O2S/c1-4-17-13(9-10(2)16-17)14(18)15-11-5-7-12(8-6-11)20(3)19/h5-9H,4H2,1-3H3,(H,15,18)/t20-/m1/s1. The molecule has 6 heteroatoms. The van der Waals surface area contributed by atoms with Crippen LogP contribution >= 0.6 is 0 Å². The Morgan fingerprint density at radius 3 is 2.55 bits per heavy atom. The predicted molar refractivity (Wildman–Crippen MR) is 79.4 cm³/mol. The number of rotatable bonds is 4. The van der Waals surface area contributed by atoms with Gasteiger partial charge in [0, 0.05) is 34.2 Å². The van der Waals surface area contributed by atoms with Crippen LogP contribution in [-0.2, 0) is 17.3 Å². The first-order chi connectivity index (χ1) is 9.51. The molecule has 0 unspecified atom stereocenters. The van der Waals surface area contributed by atoms with Crippen molar-refractivity contribution in [1.29, 1.82) is 0 Å². The Labute approximate surface area is 120 Å². The number of aryl methyl sites for hydroxylation is 2. The number of aromatic nitrogens is 2. The molecule has 0 aliphatic heterocycles. The lowest BCUT2D eigenvalue weighted by Crippen LogP contribution is -2.17. The van der Waals surface area contributed by atoms with Crippen LogP contribution in [0.4, 0.5) is 5.69 Å². The van der Waals surface area contributed by atoms with Crippen molar-refractivity contribution >= 4 is 22.4 Å². The van der Waals surface area contributed by atoms with Crippen LogP contribution in [0, 0.1) is 6.92 Å². The molecule has 1 heterocycles. The van der Waals surface area contributed by atoms with Gasteiger partial charge in [0.25, 0.3) is 5.91 Å². The molecule has 1 amide bonds. The lowest BCUT2D eigenvalue weighted by Gasteiger charge is -2.07. The molecule has 5 nitrogen and oxygen atoms in total. The van der Waals surface area contributed by atoms with Gasteiger partial charge in [-0.3, -0.25) is 13.7 Å². The molecule has 0 radical (unpaired) electrons. The third kappa shape index (κ3) is 3.14. The normalized spacial score (nSPS) is 12.2. The van der Waals surface area contributed by atoms with Crippen LogP contribution in [0.3, 0.4) is 0 Å². The largest absolute Gasteiger partial charge is 0.321 e. The number of carbonyl (C=O) groups is 1. The Morgan fingerprint density at radius 1 is 1.35 bits per heavy atom. The fraction of sp³-hybridized carbons (Fsp3) is 0.286. The van der Waals surface area contributed by atoms with E-state index in [9.17, 15) is 9.00 Å². The van der Waals surface area contributed by atoms with Crippen LogP contribution < -0.4 is 5.32 Å². The summed E-state index contributed by atoms with van der Waals surface area (Å²) in [6.07, 6.45) is 1.62. The summed E-state index contributed by atoms with van der Waals surface area (Å²) in [6.45, 7) is 4.44. The summed E-state index contributed by atoms with van der Waals surface area (Å²) in [7, 11) is -1.01. The van der Waals surface area contributed by atoms with Gasteiger partial charge in [-0.15, -0.1) is 0 Å². The highest BCUT2D eigenvalue weighted by Crippen LogP contribution is 2.14. The molecule has 0 fully saturated rings. The fourth-order valence-corrected chi connectivity index (χ4v) is 2.41. The summed E-state index contributed by atoms with van der Waals surface area (Å²) in [6, 6.07) is 8.73. The maximum absolute atomic E-state index is 12.2. The maximum atomic E-state index is 12.2. The third-order valence-corrected chi connectivity index (χ3v) is 3.81. The van der Waals surface area contributed by atoms with Crippen LogP contribution in [0.25, 0.3) is 0 Å². The van der Waals surface area contributed by atoms with E-state index in [1.54, 1.807) is 41.3 Å². The van der Waals surface area contributed by atoms with E-state index in [4.69, 9.17) is 0 Å². The molecular formula is C14H17N3O2S. The highest BCUT2D eigenvalue weighted by molar-refractivity contribution is 7.84. The number of nitrogens with zero attached hydrogens (tertiary/aromatic N) is 2. The van der Waals surface area contributed by atoms with Gasteiger partial charge in [-0.05, 0) is 44.2 Å². The Balaban J connectivity index is 2.16. The third-order valence-electron chi connectivity index (χ3n) is 2.88. The Bertz CT molecular complexity index is 647. The van der Waals surface area contributed by atoms with Gasteiger partial charge in [0.1, 0.15) is 5.69 Å². The van der Waals surface area contributed by atoms with Crippen molar-refractivity contribution < 1.29 is 9.00 Å². The van der Waals surface area contributed by atoms with Gasteiger partial charge in [0.2, 0.25) is 0 Å². The summed E-state index contributed by atoms with van der Waals surface area (Å²) in [5.41, 5.74) is 2.02. The highest BCUT2D eigenvalue weighted by atomic mass is 32.2. The summed E-state index contributed by atoms with van der Waals surface area (Å²) < 4.78 is 13.0. The predicted octanol–water partition coefficient (Wildman–Crippen LogP) is 2.20. The summed E-state index contributed by atoms with van der Waals surface area (Å²) >= 11 is 0. The molecule has 1 atom stereocenters. The summed E-state index contributed by atoms with van der Waals surface area (Å²) in [4.78, 5) is 12.9. The van der Waals surface area contributed by atoms with Crippen LogP contribution in [0.1, 0.15) is 23.1 Å². The van der Waals surface area contributed by atoms with Crippen LogP contribution in [0.2, 0.25) is 0 Å². The number of hydrogen-bond acceptors (Lipinski definition) is 3. The SMILES string of the molecule is CCn1nc(C)cc1C(=O)Nc1ccc([S@@](C)=O)cc1. The monoisotopic (exact) mass is 291 g/mol. The highest BCUT2D eigenvalue weighted by Gasteiger charge is 2.13. The Hall–Kier alpha value is -1.95. The molecule has 0 aliphatic rings. The zero-order valence-electron chi connectivity index (χ0n) is 11.7. The first-order valence-corrected chi connectivity index (χ1v) is 7.86. The van der Waals surface area contributed by atoms with E-state index in [0.29, 0.717) is 17.9 Å². The van der Waals surface area contributed by atoms with E-state index >= 15 is 0 Å². The summed E-state index contributed by atoms with van der Waals surface area (Å²) in [5.74, 6) is -0.196. The molecule has 0 spiro atoms. The van der Waals surface area contributed by atoms with Gasteiger partial charge in [0.05, 0.1) is 5.69 Å². The van der Waals surface area contributed by atoms with Crippen molar-refractivity contribution in [1.82, 2.24) is 9.78 Å². The minimum Gasteiger partial charge on any atom is -0.321 e. The smallest absolute Gasteiger partial charge is 0.273 e. The number of carbonyl (C=O) groups excluding carboxylic acids is 1. The molecule has 1 aromatic carbocycles. The van der Waals surface area contributed by atoms with Crippen molar-refractivity contribution in [3.63, 3.8) is 0 Å². The van der Waals surface area contributed by atoms with Gasteiger partial charge in [0.15, 0.2) is 0 Å². The molecule has 20 heavy (non-hydrogen) atoms. The van der Waals surface area contributed by atoms with Gasteiger partial charge in [-0.25, -0.2) is 0 Å². The second-order valence-corrected chi connectivity index (χ2v) is 5.80. The Kier molecular flexibility index (Phi) is 4.34. The average Bonchev–Trinajstić information content (AvgIpc) is 2.80. The molecule has 106 valence electrons. The van der Waals surface area contributed by atoms with Crippen molar-refractivity contribution in [2.45, 2.75) is 25.3 Å². The number of amides is 1. The molecule has 0 bridgehead atoms. The Morgan fingerprint density at radius 2 is 2.00 bits per heavy atom. The molecule has 0 saturated carbocycles. The molecule has 1 N–H and O–H groups in total. The van der Waals surface area contributed by atoms with Crippen molar-refractivity contribution in [3.05, 3.63) is 41.7 Å². The van der Waals surface area contributed by atoms with Gasteiger partial charge in [-0.2, -0.15) is 5.10 Å². The zero-order valence-corrected chi connectivity index (χ0v) is 12.5. The first kappa shape index (κ1) is 14.5. The van der Waals surface area contributed by atoms with E-state index in [2.05, 4.69) is 10.4 Å². The average molecular weight is 291 g/mol. The number of hydrogen-bond donors (Lipinski definition) is 1. The second kappa shape index (κ2) is 6.00. The van der Waals surface area contributed by atoms with E-state index < -0.39 is 10.8 Å². The lowest BCUT2D eigenvalue weighted by atomic mass is 10.3. The van der Waals surface area contributed by atoms with E-state index in [1.807, 2.05) is 13.8 Å². The number of benzene rings is 1. The zero-order chi connectivity index (χ0) is 14.7. The number of anilines is 1. The maximum Gasteiger partial charge on any atom is 0.273 e. The quantitative estimate of drug-likeness (QED) is 0.939. The van der Waals surface area contributed by atoms with Crippen molar-refractivity contribution in [2.24, 2.45) is 0 Å². The lowest BCUT2D eigenvalue weighted by molar-refractivity contribution is 0.101. The first-order valence-electron chi connectivity index (χ1n) is 6.30. The molecule has 0 aliphatic carbocycles. The van der Waals surface area contributed by atoms with E-state index in [-0.39, 0.29) is 5.91 Å². The van der Waals surface area contributed by atoms with E-state index in [1.165, 1.54) is 0 Å². The minimum absolute atomic E-state index is 0.196. The van der Waals surface area contributed by atoms with Gasteiger partial charge < -0.3 is 5.32 Å². The van der Waals surface area contributed by atoms with Crippen LogP contribution in [0.5, 0.6) is 0 Å². The molecule has 2 aromatic rings. The fourth-order valence-electron chi connectivity index (χ4n) is 1.89. The summed E-state index contributed by atoms with van der Waals surface area (Å²) in [5, 5.41) is 7.06. The van der Waals surface area contributed by atoms with Crippen LogP contribution in [-0.4, -0.2) is 26.2 Å². The van der Waals surface area contributed by atoms with Crippen LogP contribution in [0.15, 0.2) is 35.2 Å². The molecule has 0 saturated heterocycles. The van der Waals surface area contributed by atoms with E-state index in [0.717, 1.165) is 10.6 Å². The molecule has 1 aromatic heterocycles. The second-order valence-electron chi connectivity index (χ2n) is 4.42. The van der Waals surface area contributed by atoms with Gasteiger partial charge >= 0.3 is 0 Å². The molecule has 2 rings (SSSR count). The minimum atomic E-state index is -1.01.